The maximum atomic E-state index is 5.79. The van der Waals surface area contributed by atoms with Gasteiger partial charge in [0.15, 0.2) is 5.15 Å². The molecule has 0 saturated heterocycles. The Labute approximate surface area is 191 Å². The van der Waals surface area contributed by atoms with Crippen molar-refractivity contribution >= 4 is 57.4 Å². The summed E-state index contributed by atoms with van der Waals surface area (Å²) in [6, 6.07) is 22.3. The molecule has 4 rings (SSSR count). The van der Waals surface area contributed by atoms with Crippen molar-refractivity contribution in [2.45, 2.75) is 0 Å². The highest BCUT2D eigenvalue weighted by Gasteiger charge is 2.00. The summed E-state index contributed by atoms with van der Waals surface area (Å²) in [6.45, 7) is 0. The Morgan fingerprint density at radius 3 is 1.36 bits per heavy atom. The second kappa shape index (κ2) is 10.1. The zero-order valence-corrected chi connectivity index (χ0v) is 18.7. The molecule has 0 N–H and O–H groups in total. The van der Waals surface area contributed by atoms with Crippen molar-refractivity contribution in [2.75, 3.05) is 0 Å². The van der Waals surface area contributed by atoms with Gasteiger partial charge in [-0.05, 0) is 71.1 Å². The van der Waals surface area contributed by atoms with Gasteiger partial charge in [0.1, 0.15) is 3.70 Å². The second-order valence-corrected chi connectivity index (χ2v) is 7.86. The molecule has 140 valence electrons. The van der Waals surface area contributed by atoms with Crippen LogP contribution in [0.1, 0.15) is 0 Å². The minimum absolute atomic E-state index is 0.391. The number of benzene rings is 2. The third-order valence-corrected chi connectivity index (χ3v) is 4.82. The summed E-state index contributed by atoms with van der Waals surface area (Å²) in [7, 11) is 0. The predicted octanol–water partition coefficient (Wildman–Crippen LogP) is 6.85. The lowest BCUT2D eigenvalue weighted by molar-refractivity contribution is 1.01. The average molecular weight is 542 g/mol. The Bertz CT molecular complexity index is 849. The molecule has 0 amide bonds. The first-order valence-corrected chi connectivity index (χ1v) is 10.2. The molecule has 0 aliphatic heterocycles. The molecule has 0 bridgehead atoms. The maximum Gasteiger partial charge on any atom is 0.151 e. The van der Waals surface area contributed by atoms with E-state index < -0.39 is 0 Å². The molecule has 4 aromatic rings. The van der Waals surface area contributed by atoms with E-state index in [1.807, 2.05) is 66.7 Å². The number of aromatic nitrogens is 4. The molecule has 4 nitrogen and oxygen atoms in total. The molecule has 2 aromatic carbocycles. The van der Waals surface area contributed by atoms with Crippen molar-refractivity contribution in [1.82, 2.24) is 20.4 Å². The molecule has 0 unspecified atom stereocenters. The van der Waals surface area contributed by atoms with Gasteiger partial charge in [0.25, 0.3) is 0 Å². The summed E-state index contributed by atoms with van der Waals surface area (Å²) in [5.74, 6) is 0. The molecule has 0 atom stereocenters. The van der Waals surface area contributed by atoms with Crippen LogP contribution in [0, 0.1) is 3.70 Å². The number of hydrogen-bond donors (Lipinski definition) is 0. The Hall–Kier alpha value is -1.80. The van der Waals surface area contributed by atoms with E-state index in [-0.39, 0.29) is 0 Å². The molecule has 0 saturated carbocycles. The molecule has 0 aliphatic carbocycles. The van der Waals surface area contributed by atoms with E-state index in [0.717, 1.165) is 31.2 Å². The minimum Gasteiger partial charge on any atom is -0.149 e. The second-order valence-electron chi connectivity index (χ2n) is 5.50. The van der Waals surface area contributed by atoms with Crippen LogP contribution < -0.4 is 0 Å². The van der Waals surface area contributed by atoms with E-state index >= 15 is 0 Å². The van der Waals surface area contributed by atoms with E-state index in [1.165, 1.54) is 0 Å². The van der Waals surface area contributed by atoms with Gasteiger partial charge in [0.05, 0.1) is 11.4 Å². The Kier molecular flexibility index (Phi) is 7.56. The summed E-state index contributed by atoms with van der Waals surface area (Å²) in [6.07, 6.45) is 0. The first kappa shape index (κ1) is 20.9. The quantitative estimate of drug-likeness (QED) is 0.261. The Balaban J connectivity index is 0.000000161. The Morgan fingerprint density at radius 1 is 0.500 bits per heavy atom. The first-order valence-electron chi connectivity index (χ1n) is 8.01. The monoisotopic (exact) mass is 540 g/mol. The van der Waals surface area contributed by atoms with E-state index in [2.05, 4.69) is 43.0 Å². The van der Waals surface area contributed by atoms with Crippen LogP contribution in [0.25, 0.3) is 22.5 Å². The van der Waals surface area contributed by atoms with Gasteiger partial charge in [-0.25, -0.2) is 0 Å². The predicted molar refractivity (Wildman–Crippen MR) is 123 cm³/mol. The van der Waals surface area contributed by atoms with Gasteiger partial charge in [-0.3, -0.25) is 0 Å². The molecule has 2 aromatic heterocycles. The highest BCUT2D eigenvalue weighted by atomic mass is 127. The SMILES string of the molecule is Clc1ccc(-c2ccc(Cl)nn2)cc1.Clc1ccc(-c2ccc(I)nn2)cc1. The number of rotatable bonds is 2. The van der Waals surface area contributed by atoms with Crippen LogP contribution in [0.4, 0.5) is 0 Å². The zero-order valence-electron chi connectivity index (χ0n) is 14.2. The zero-order chi connectivity index (χ0) is 19.9. The number of hydrogen-bond acceptors (Lipinski definition) is 4. The fourth-order valence-electron chi connectivity index (χ4n) is 2.18. The van der Waals surface area contributed by atoms with Gasteiger partial charge in [0, 0.05) is 21.2 Å². The normalized spacial score (nSPS) is 10.1. The minimum atomic E-state index is 0.391. The fraction of sp³-hybridized carbons (Fsp3) is 0. The van der Waals surface area contributed by atoms with Gasteiger partial charge >= 0.3 is 0 Å². The molecule has 2 heterocycles. The third kappa shape index (κ3) is 6.10. The van der Waals surface area contributed by atoms with Crippen LogP contribution in [-0.4, -0.2) is 20.4 Å². The van der Waals surface area contributed by atoms with E-state index in [0.29, 0.717) is 10.2 Å². The van der Waals surface area contributed by atoms with Gasteiger partial charge in [-0.1, -0.05) is 59.1 Å². The van der Waals surface area contributed by atoms with Crippen molar-refractivity contribution in [3.8, 4) is 22.5 Å². The molecule has 0 radical (unpaired) electrons. The van der Waals surface area contributed by atoms with Crippen molar-refractivity contribution in [3.63, 3.8) is 0 Å². The number of nitrogens with zero attached hydrogens (tertiary/aromatic N) is 4. The van der Waals surface area contributed by atoms with Gasteiger partial charge in [-0.2, -0.15) is 0 Å². The highest BCUT2D eigenvalue weighted by Crippen LogP contribution is 2.20. The molecule has 0 fully saturated rings. The van der Waals surface area contributed by atoms with Gasteiger partial charge in [-0.15, -0.1) is 20.4 Å². The van der Waals surface area contributed by atoms with Crippen molar-refractivity contribution in [1.29, 1.82) is 0 Å². The third-order valence-electron chi connectivity index (χ3n) is 3.54. The molecule has 28 heavy (non-hydrogen) atoms. The summed E-state index contributed by atoms with van der Waals surface area (Å²) in [4.78, 5) is 0. The average Bonchev–Trinajstić information content (AvgIpc) is 2.71. The van der Waals surface area contributed by atoms with Crippen molar-refractivity contribution in [3.05, 3.63) is 91.7 Å². The molecular weight excluding hydrogens is 530 g/mol. The number of halogens is 4. The molecular formula is C20H12Cl3IN4. The lowest BCUT2D eigenvalue weighted by Crippen LogP contribution is -1.88. The van der Waals surface area contributed by atoms with E-state index in [9.17, 15) is 0 Å². The summed E-state index contributed by atoms with van der Waals surface area (Å²) in [5, 5.41) is 17.6. The smallest absolute Gasteiger partial charge is 0.149 e. The van der Waals surface area contributed by atoms with E-state index in [4.69, 9.17) is 34.8 Å². The van der Waals surface area contributed by atoms with E-state index in [1.54, 1.807) is 6.07 Å². The largest absolute Gasteiger partial charge is 0.151 e. The maximum absolute atomic E-state index is 5.79. The molecule has 8 heteroatoms. The lowest BCUT2D eigenvalue weighted by Gasteiger charge is -1.99. The molecule has 0 spiro atoms. The topological polar surface area (TPSA) is 51.6 Å². The van der Waals surface area contributed by atoms with Crippen molar-refractivity contribution < 1.29 is 0 Å². The summed E-state index contributed by atoms with van der Waals surface area (Å²) in [5.41, 5.74) is 3.64. The Morgan fingerprint density at radius 2 is 0.964 bits per heavy atom. The van der Waals surface area contributed by atoms with Crippen LogP contribution in [0.5, 0.6) is 0 Å². The fourth-order valence-corrected chi connectivity index (χ4v) is 2.82. The van der Waals surface area contributed by atoms with Crippen LogP contribution in [0.3, 0.4) is 0 Å². The highest BCUT2D eigenvalue weighted by molar-refractivity contribution is 14.1. The van der Waals surface area contributed by atoms with Crippen LogP contribution in [0.15, 0.2) is 72.8 Å². The van der Waals surface area contributed by atoms with Crippen LogP contribution in [-0.2, 0) is 0 Å². The summed E-state index contributed by atoms with van der Waals surface area (Å²) < 4.78 is 0.889. The van der Waals surface area contributed by atoms with Gasteiger partial charge < -0.3 is 0 Å². The van der Waals surface area contributed by atoms with Crippen LogP contribution in [0.2, 0.25) is 15.2 Å². The standard InChI is InChI=1S/C10H6Cl2N2.C10H6ClIN2/c2*11-8-3-1-7(2-4-8)9-5-6-10(12)14-13-9/h2*1-6H. The summed E-state index contributed by atoms with van der Waals surface area (Å²) >= 11 is 19.3. The lowest BCUT2D eigenvalue weighted by atomic mass is 10.1. The first-order chi connectivity index (χ1) is 13.5. The van der Waals surface area contributed by atoms with Crippen LogP contribution >= 0.6 is 57.4 Å². The molecule has 0 aliphatic rings. The van der Waals surface area contributed by atoms with Crippen molar-refractivity contribution in [2.24, 2.45) is 0 Å². The van der Waals surface area contributed by atoms with Gasteiger partial charge in [0.2, 0.25) is 0 Å².